The maximum absolute atomic E-state index is 5.60. The Morgan fingerprint density at radius 3 is 3.00 bits per heavy atom. The van der Waals surface area contributed by atoms with Gasteiger partial charge in [-0.2, -0.15) is 0 Å². The molecule has 2 atom stereocenters. The van der Waals surface area contributed by atoms with E-state index in [-0.39, 0.29) is 6.04 Å². The first kappa shape index (κ1) is 12.4. The summed E-state index contributed by atoms with van der Waals surface area (Å²) in [4.78, 5) is 0. The van der Waals surface area contributed by atoms with Crippen molar-refractivity contribution in [2.24, 2.45) is 0 Å². The fourth-order valence-corrected chi connectivity index (χ4v) is 2.25. The molecule has 0 aromatic heterocycles. The zero-order valence-electron chi connectivity index (χ0n) is 10.6. The summed E-state index contributed by atoms with van der Waals surface area (Å²) in [6.45, 7) is 3.99. The lowest BCUT2D eigenvalue weighted by Gasteiger charge is -2.19. The summed E-state index contributed by atoms with van der Waals surface area (Å²) in [6.07, 6.45) is 2.74. The minimum absolute atomic E-state index is 0.287. The zero-order chi connectivity index (χ0) is 12.1. The minimum atomic E-state index is 0.287. The number of methoxy groups -OCH3 is 1. The van der Waals surface area contributed by atoms with Gasteiger partial charge in [0, 0.05) is 24.8 Å². The molecule has 1 saturated heterocycles. The van der Waals surface area contributed by atoms with Crippen LogP contribution < -0.4 is 10.1 Å². The minimum Gasteiger partial charge on any atom is -0.496 e. The quantitative estimate of drug-likeness (QED) is 0.850. The fraction of sp³-hybridized carbons (Fsp3) is 0.571. The predicted octanol–water partition coefficient (Wildman–Crippen LogP) is 2.52. The van der Waals surface area contributed by atoms with E-state index in [1.54, 1.807) is 7.11 Å². The summed E-state index contributed by atoms with van der Waals surface area (Å²) in [6, 6.07) is 8.43. The molecule has 1 aliphatic heterocycles. The lowest BCUT2D eigenvalue weighted by molar-refractivity contribution is 0.108. The summed E-state index contributed by atoms with van der Waals surface area (Å²) < 4.78 is 11.0. The van der Waals surface area contributed by atoms with Crippen LogP contribution in [0.2, 0.25) is 0 Å². The molecule has 0 saturated carbocycles. The average Bonchev–Trinajstić information content (AvgIpc) is 2.89. The van der Waals surface area contributed by atoms with Crippen LogP contribution in [-0.2, 0) is 4.74 Å². The second kappa shape index (κ2) is 6.03. The highest BCUT2D eigenvalue weighted by atomic mass is 16.5. The van der Waals surface area contributed by atoms with E-state index in [1.807, 2.05) is 18.2 Å². The van der Waals surface area contributed by atoms with E-state index in [0.29, 0.717) is 6.10 Å². The highest BCUT2D eigenvalue weighted by Crippen LogP contribution is 2.24. The van der Waals surface area contributed by atoms with Gasteiger partial charge in [-0.1, -0.05) is 18.2 Å². The number of hydrogen-bond acceptors (Lipinski definition) is 3. The van der Waals surface area contributed by atoms with Gasteiger partial charge in [-0.05, 0) is 25.8 Å². The number of para-hydroxylation sites is 1. The molecule has 0 aliphatic carbocycles. The molecule has 1 fully saturated rings. The first-order valence-electron chi connectivity index (χ1n) is 6.29. The lowest BCUT2D eigenvalue weighted by atomic mass is 10.1. The Labute approximate surface area is 103 Å². The largest absolute Gasteiger partial charge is 0.496 e. The second-order valence-electron chi connectivity index (χ2n) is 4.51. The van der Waals surface area contributed by atoms with Crippen molar-refractivity contribution in [3.05, 3.63) is 29.8 Å². The van der Waals surface area contributed by atoms with E-state index in [2.05, 4.69) is 18.3 Å². The normalized spacial score (nSPS) is 21.4. The standard InChI is InChI=1S/C14H21NO2/c1-11(15-10-12-6-5-9-17-12)13-7-3-4-8-14(13)16-2/h3-4,7-8,11-12,15H,5-6,9-10H2,1-2H3/t11-,12?/m0/s1. The van der Waals surface area contributed by atoms with Gasteiger partial charge >= 0.3 is 0 Å². The van der Waals surface area contributed by atoms with E-state index in [4.69, 9.17) is 9.47 Å². The Morgan fingerprint density at radius 1 is 1.47 bits per heavy atom. The van der Waals surface area contributed by atoms with Crippen LogP contribution in [0.15, 0.2) is 24.3 Å². The molecule has 94 valence electrons. The molecule has 1 heterocycles. The molecule has 1 aromatic rings. The Kier molecular flexibility index (Phi) is 4.40. The van der Waals surface area contributed by atoms with Crippen molar-refractivity contribution < 1.29 is 9.47 Å². The first-order valence-corrected chi connectivity index (χ1v) is 6.29. The summed E-state index contributed by atoms with van der Waals surface area (Å²) in [5.41, 5.74) is 1.20. The second-order valence-corrected chi connectivity index (χ2v) is 4.51. The van der Waals surface area contributed by atoms with Crippen LogP contribution >= 0.6 is 0 Å². The summed E-state index contributed by atoms with van der Waals surface area (Å²) in [5.74, 6) is 0.944. The molecule has 1 N–H and O–H groups in total. The van der Waals surface area contributed by atoms with Gasteiger partial charge in [0.1, 0.15) is 5.75 Å². The molecular formula is C14H21NO2. The SMILES string of the molecule is COc1ccccc1[C@H](C)NCC1CCCO1. The predicted molar refractivity (Wildman–Crippen MR) is 68.4 cm³/mol. The average molecular weight is 235 g/mol. The molecule has 0 bridgehead atoms. The fourth-order valence-electron chi connectivity index (χ4n) is 2.25. The first-order chi connectivity index (χ1) is 8.31. The lowest BCUT2D eigenvalue weighted by Crippen LogP contribution is -2.28. The Balaban J connectivity index is 1.91. The smallest absolute Gasteiger partial charge is 0.123 e. The van der Waals surface area contributed by atoms with E-state index in [1.165, 1.54) is 18.4 Å². The van der Waals surface area contributed by atoms with Crippen LogP contribution in [0, 0.1) is 0 Å². The van der Waals surface area contributed by atoms with Crippen molar-refractivity contribution in [3.8, 4) is 5.75 Å². The van der Waals surface area contributed by atoms with Gasteiger partial charge in [-0.3, -0.25) is 0 Å². The summed E-state index contributed by atoms with van der Waals surface area (Å²) in [5, 5.41) is 3.51. The van der Waals surface area contributed by atoms with Gasteiger partial charge in [0.15, 0.2) is 0 Å². The number of rotatable bonds is 5. The Hall–Kier alpha value is -1.06. The number of hydrogen-bond donors (Lipinski definition) is 1. The maximum Gasteiger partial charge on any atom is 0.123 e. The Bertz CT molecular complexity index is 348. The van der Waals surface area contributed by atoms with E-state index >= 15 is 0 Å². The topological polar surface area (TPSA) is 30.5 Å². The highest BCUT2D eigenvalue weighted by molar-refractivity contribution is 5.35. The molecule has 0 spiro atoms. The van der Waals surface area contributed by atoms with Crippen LogP contribution in [0.1, 0.15) is 31.4 Å². The van der Waals surface area contributed by atoms with Crippen LogP contribution in [0.3, 0.4) is 0 Å². The zero-order valence-corrected chi connectivity index (χ0v) is 10.6. The molecule has 17 heavy (non-hydrogen) atoms. The third kappa shape index (κ3) is 3.20. The van der Waals surface area contributed by atoms with Gasteiger partial charge in [0.2, 0.25) is 0 Å². The van der Waals surface area contributed by atoms with Crippen molar-refractivity contribution in [1.29, 1.82) is 0 Å². The maximum atomic E-state index is 5.60. The van der Waals surface area contributed by atoms with Gasteiger partial charge in [0.25, 0.3) is 0 Å². The highest BCUT2D eigenvalue weighted by Gasteiger charge is 2.17. The van der Waals surface area contributed by atoms with Crippen LogP contribution in [0.5, 0.6) is 5.75 Å². The molecule has 0 radical (unpaired) electrons. The number of nitrogens with one attached hydrogen (secondary N) is 1. The van der Waals surface area contributed by atoms with Gasteiger partial charge in [-0.15, -0.1) is 0 Å². The molecule has 0 amide bonds. The van der Waals surface area contributed by atoms with E-state index in [9.17, 15) is 0 Å². The molecule has 3 heteroatoms. The monoisotopic (exact) mass is 235 g/mol. The summed E-state index contributed by atoms with van der Waals surface area (Å²) in [7, 11) is 1.71. The number of benzene rings is 1. The van der Waals surface area contributed by atoms with Crippen LogP contribution in [0.25, 0.3) is 0 Å². The van der Waals surface area contributed by atoms with Crippen molar-refractivity contribution in [1.82, 2.24) is 5.32 Å². The van der Waals surface area contributed by atoms with Gasteiger partial charge in [0.05, 0.1) is 13.2 Å². The van der Waals surface area contributed by atoms with Crippen molar-refractivity contribution >= 4 is 0 Å². The molecule has 1 unspecified atom stereocenters. The van der Waals surface area contributed by atoms with Crippen molar-refractivity contribution in [2.75, 3.05) is 20.3 Å². The van der Waals surface area contributed by atoms with Crippen molar-refractivity contribution in [2.45, 2.75) is 31.9 Å². The van der Waals surface area contributed by atoms with Gasteiger partial charge in [-0.25, -0.2) is 0 Å². The summed E-state index contributed by atoms with van der Waals surface area (Å²) >= 11 is 0. The van der Waals surface area contributed by atoms with Crippen LogP contribution in [-0.4, -0.2) is 26.4 Å². The van der Waals surface area contributed by atoms with E-state index < -0.39 is 0 Å². The third-order valence-corrected chi connectivity index (χ3v) is 3.28. The van der Waals surface area contributed by atoms with Crippen molar-refractivity contribution in [3.63, 3.8) is 0 Å². The molecular weight excluding hydrogens is 214 g/mol. The molecule has 3 nitrogen and oxygen atoms in total. The molecule has 1 aliphatic rings. The number of ether oxygens (including phenoxy) is 2. The van der Waals surface area contributed by atoms with E-state index in [0.717, 1.165) is 18.9 Å². The Morgan fingerprint density at radius 2 is 2.29 bits per heavy atom. The van der Waals surface area contributed by atoms with Gasteiger partial charge < -0.3 is 14.8 Å². The molecule has 1 aromatic carbocycles. The van der Waals surface area contributed by atoms with Crippen LogP contribution in [0.4, 0.5) is 0 Å². The molecule has 2 rings (SSSR count). The third-order valence-electron chi connectivity index (χ3n) is 3.28.